The first-order chi connectivity index (χ1) is 11.7. The van der Waals surface area contributed by atoms with Gasteiger partial charge in [-0.2, -0.15) is 0 Å². The predicted octanol–water partition coefficient (Wildman–Crippen LogP) is 4.86. The standard InChI is InChI=1S/C19H18ClNO3/c1-3-23-12-14-10-13-11-15(20)4-9-18(13)24-19(14)21-16-5-7-17(22-2)8-6-16/h4-11H,3,12H2,1-2H3/b21-19-. The van der Waals surface area contributed by atoms with E-state index < -0.39 is 0 Å². The van der Waals surface area contributed by atoms with Gasteiger partial charge in [-0.3, -0.25) is 0 Å². The van der Waals surface area contributed by atoms with Crippen molar-refractivity contribution in [1.82, 2.24) is 0 Å². The van der Waals surface area contributed by atoms with Crippen LogP contribution in [0.1, 0.15) is 12.5 Å². The third-order valence-electron chi connectivity index (χ3n) is 3.55. The number of benzene rings is 2. The quantitative estimate of drug-likeness (QED) is 0.664. The number of hydrogen-bond donors (Lipinski definition) is 0. The van der Waals surface area contributed by atoms with Crippen LogP contribution in [0.15, 0.2) is 57.9 Å². The molecule has 0 amide bonds. The maximum absolute atomic E-state index is 6.07. The largest absolute Gasteiger partial charge is 0.497 e. The highest BCUT2D eigenvalue weighted by molar-refractivity contribution is 6.31. The Kier molecular flexibility index (Phi) is 5.18. The Hall–Kier alpha value is -2.30. The maximum atomic E-state index is 6.07. The van der Waals surface area contributed by atoms with Gasteiger partial charge in [-0.15, -0.1) is 0 Å². The summed E-state index contributed by atoms with van der Waals surface area (Å²) >= 11 is 6.07. The summed E-state index contributed by atoms with van der Waals surface area (Å²) in [5.74, 6) is 0.786. The van der Waals surface area contributed by atoms with Crippen LogP contribution >= 0.6 is 11.6 Å². The zero-order valence-corrected chi connectivity index (χ0v) is 14.3. The second-order valence-electron chi connectivity index (χ2n) is 5.21. The first-order valence-corrected chi connectivity index (χ1v) is 8.06. The van der Waals surface area contributed by atoms with Crippen LogP contribution in [-0.2, 0) is 11.3 Å². The van der Waals surface area contributed by atoms with Crippen molar-refractivity contribution in [3.8, 4) is 5.75 Å². The van der Waals surface area contributed by atoms with Gasteiger partial charge in [0.1, 0.15) is 11.3 Å². The number of hydrogen-bond acceptors (Lipinski definition) is 4. The lowest BCUT2D eigenvalue weighted by atomic mass is 10.2. The zero-order chi connectivity index (χ0) is 16.9. The smallest absolute Gasteiger partial charge is 0.225 e. The lowest BCUT2D eigenvalue weighted by Crippen LogP contribution is -2.10. The molecule has 0 N–H and O–H groups in total. The van der Waals surface area contributed by atoms with Gasteiger partial charge in [-0.1, -0.05) is 11.6 Å². The Morgan fingerprint density at radius 1 is 1.08 bits per heavy atom. The summed E-state index contributed by atoms with van der Waals surface area (Å²) in [5.41, 5.74) is 2.92. The first kappa shape index (κ1) is 16.6. The van der Waals surface area contributed by atoms with Crippen LogP contribution in [0, 0.1) is 0 Å². The molecule has 24 heavy (non-hydrogen) atoms. The number of rotatable bonds is 5. The van der Waals surface area contributed by atoms with E-state index in [1.54, 1.807) is 13.2 Å². The van der Waals surface area contributed by atoms with E-state index >= 15 is 0 Å². The van der Waals surface area contributed by atoms with Crippen molar-refractivity contribution in [3.05, 3.63) is 64.7 Å². The summed E-state index contributed by atoms with van der Waals surface area (Å²) in [6.45, 7) is 3.00. The molecule has 2 aromatic carbocycles. The van der Waals surface area contributed by atoms with Crippen molar-refractivity contribution in [2.75, 3.05) is 13.7 Å². The fourth-order valence-corrected chi connectivity index (χ4v) is 2.51. The van der Waals surface area contributed by atoms with E-state index in [4.69, 9.17) is 25.5 Å². The molecule has 3 aromatic rings. The Labute approximate surface area is 145 Å². The molecule has 0 radical (unpaired) electrons. The molecule has 0 aliphatic rings. The van der Waals surface area contributed by atoms with Crippen LogP contribution in [-0.4, -0.2) is 13.7 Å². The summed E-state index contributed by atoms with van der Waals surface area (Å²) in [5, 5.41) is 1.59. The van der Waals surface area contributed by atoms with E-state index in [9.17, 15) is 0 Å². The average molecular weight is 344 g/mol. The van der Waals surface area contributed by atoms with Gasteiger partial charge in [0.05, 0.1) is 19.4 Å². The summed E-state index contributed by atoms with van der Waals surface area (Å²) in [4.78, 5) is 4.61. The highest BCUT2D eigenvalue weighted by atomic mass is 35.5. The van der Waals surface area contributed by atoms with Crippen LogP contribution in [0.25, 0.3) is 11.0 Å². The first-order valence-electron chi connectivity index (χ1n) is 7.68. The number of fused-ring (bicyclic) bond motifs is 1. The fraction of sp³-hybridized carbons (Fsp3) is 0.211. The van der Waals surface area contributed by atoms with E-state index in [1.165, 1.54) is 0 Å². The molecule has 4 nitrogen and oxygen atoms in total. The Balaban J connectivity index is 2.11. The lowest BCUT2D eigenvalue weighted by molar-refractivity contribution is 0.131. The molecule has 1 aromatic heterocycles. The summed E-state index contributed by atoms with van der Waals surface area (Å²) in [6, 6.07) is 15.0. The average Bonchev–Trinajstić information content (AvgIpc) is 2.60. The Bertz CT molecular complexity index is 901. The van der Waals surface area contributed by atoms with Gasteiger partial charge < -0.3 is 13.9 Å². The number of nitrogens with zero attached hydrogens (tertiary/aromatic N) is 1. The second kappa shape index (κ2) is 7.51. The van der Waals surface area contributed by atoms with Crippen LogP contribution in [0.5, 0.6) is 5.75 Å². The molecule has 0 unspecified atom stereocenters. The van der Waals surface area contributed by atoms with Crippen molar-refractivity contribution >= 4 is 28.3 Å². The molecule has 5 heteroatoms. The lowest BCUT2D eigenvalue weighted by Gasteiger charge is -2.06. The SMILES string of the molecule is CCOCc1cc2cc(Cl)ccc2o/c1=N\c1ccc(OC)cc1. The van der Waals surface area contributed by atoms with E-state index in [-0.39, 0.29) is 0 Å². The minimum Gasteiger partial charge on any atom is -0.497 e. The highest BCUT2D eigenvalue weighted by Crippen LogP contribution is 2.21. The van der Waals surface area contributed by atoms with Gasteiger partial charge in [0.2, 0.25) is 5.55 Å². The van der Waals surface area contributed by atoms with E-state index in [0.717, 1.165) is 28.0 Å². The predicted molar refractivity (Wildman–Crippen MR) is 94.8 cm³/mol. The van der Waals surface area contributed by atoms with Crippen molar-refractivity contribution in [2.45, 2.75) is 13.5 Å². The minimum atomic E-state index is 0.428. The monoisotopic (exact) mass is 343 g/mol. The van der Waals surface area contributed by atoms with Gasteiger partial charge >= 0.3 is 0 Å². The third-order valence-corrected chi connectivity index (χ3v) is 3.78. The molecule has 1 heterocycles. The summed E-state index contributed by atoms with van der Waals surface area (Å²) < 4.78 is 16.7. The third kappa shape index (κ3) is 3.78. The second-order valence-corrected chi connectivity index (χ2v) is 5.64. The molecule has 0 saturated carbocycles. The van der Waals surface area contributed by atoms with Crippen LogP contribution in [0.2, 0.25) is 5.02 Å². The topological polar surface area (TPSA) is 44.0 Å². The molecule has 0 aliphatic carbocycles. The highest BCUT2D eigenvalue weighted by Gasteiger charge is 2.05. The van der Waals surface area contributed by atoms with Crippen LogP contribution < -0.4 is 10.3 Å². The van der Waals surface area contributed by atoms with E-state index in [2.05, 4.69) is 4.99 Å². The summed E-state index contributed by atoms with van der Waals surface area (Å²) in [7, 11) is 1.64. The van der Waals surface area contributed by atoms with Crippen molar-refractivity contribution in [3.63, 3.8) is 0 Å². The zero-order valence-electron chi connectivity index (χ0n) is 13.6. The molecule has 3 rings (SSSR count). The van der Waals surface area contributed by atoms with Gasteiger partial charge in [-0.05, 0) is 55.5 Å². The Morgan fingerprint density at radius 2 is 1.88 bits per heavy atom. The number of ether oxygens (including phenoxy) is 2. The maximum Gasteiger partial charge on any atom is 0.225 e. The molecule has 0 saturated heterocycles. The minimum absolute atomic E-state index is 0.428. The van der Waals surface area contributed by atoms with Gasteiger partial charge in [0.15, 0.2) is 0 Å². The van der Waals surface area contributed by atoms with Crippen molar-refractivity contribution < 1.29 is 13.9 Å². The molecule has 0 fully saturated rings. The fourth-order valence-electron chi connectivity index (χ4n) is 2.33. The van der Waals surface area contributed by atoms with E-state index in [1.807, 2.05) is 49.4 Å². The normalized spacial score (nSPS) is 11.9. The molecule has 0 bridgehead atoms. The molecule has 124 valence electrons. The van der Waals surface area contributed by atoms with Gasteiger partial charge in [0, 0.05) is 22.6 Å². The number of methoxy groups -OCH3 is 1. The van der Waals surface area contributed by atoms with Crippen molar-refractivity contribution in [2.24, 2.45) is 4.99 Å². The van der Waals surface area contributed by atoms with Crippen LogP contribution in [0.4, 0.5) is 5.69 Å². The molecule has 0 atom stereocenters. The van der Waals surface area contributed by atoms with E-state index in [0.29, 0.717) is 23.8 Å². The van der Waals surface area contributed by atoms with Gasteiger partial charge in [0.25, 0.3) is 0 Å². The molecule has 0 spiro atoms. The van der Waals surface area contributed by atoms with Crippen LogP contribution in [0.3, 0.4) is 0 Å². The molecular weight excluding hydrogens is 326 g/mol. The summed E-state index contributed by atoms with van der Waals surface area (Å²) in [6.07, 6.45) is 0. The van der Waals surface area contributed by atoms with Crippen molar-refractivity contribution in [1.29, 1.82) is 0 Å². The number of halogens is 1. The molecule has 0 aliphatic heterocycles. The van der Waals surface area contributed by atoms with Gasteiger partial charge in [-0.25, -0.2) is 4.99 Å². The molecular formula is C19H18ClNO3. The Morgan fingerprint density at radius 3 is 2.58 bits per heavy atom.